The van der Waals surface area contributed by atoms with Crippen molar-refractivity contribution in [3.05, 3.63) is 36.7 Å². The minimum absolute atomic E-state index is 0.495. The molecule has 2 nitrogen and oxygen atoms in total. The summed E-state index contributed by atoms with van der Waals surface area (Å²) in [5.41, 5.74) is 1.72. The predicted octanol–water partition coefficient (Wildman–Crippen LogP) is 3.84. The number of fused-ring (bicyclic) bond motifs is 1. The highest BCUT2D eigenvalue weighted by atomic mass is 14.9. The highest BCUT2D eigenvalue weighted by molar-refractivity contribution is 5.93. The molecule has 0 saturated heterocycles. The maximum absolute atomic E-state index is 4.17. The number of nitrogens with one attached hydrogen (secondary N) is 1. The average Bonchev–Trinajstić information content (AvgIpc) is 3.09. The topological polar surface area (TPSA) is 24.9 Å². The Labute approximate surface area is 102 Å². The first-order chi connectivity index (χ1) is 8.19. The molecule has 1 unspecified atom stereocenters. The monoisotopic (exact) mass is 226 g/mol. The number of aromatic nitrogens is 1. The molecule has 1 N–H and O–H groups in total. The van der Waals surface area contributed by atoms with E-state index in [2.05, 4.69) is 48.4 Å². The van der Waals surface area contributed by atoms with Crippen LogP contribution in [-0.4, -0.2) is 11.0 Å². The molecule has 1 atom stereocenters. The molecule has 1 heterocycles. The van der Waals surface area contributed by atoms with E-state index >= 15 is 0 Å². The Hall–Kier alpha value is -1.57. The van der Waals surface area contributed by atoms with Gasteiger partial charge < -0.3 is 5.32 Å². The lowest BCUT2D eigenvalue weighted by Gasteiger charge is -2.22. The van der Waals surface area contributed by atoms with Crippen LogP contribution in [0.25, 0.3) is 10.8 Å². The Morgan fingerprint density at radius 1 is 1.29 bits per heavy atom. The van der Waals surface area contributed by atoms with E-state index in [4.69, 9.17) is 0 Å². The van der Waals surface area contributed by atoms with Crippen LogP contribution in [0.5, 0.6) is 0 Å². The Kier molecular flexibility index (Phi) is 2.32. The van der Waals surface area contributed by atoms with E-state index in [9.17, 15) is 0 Å². The number of nitrogens with zero attached hydrogens (tertiary/aromatic N) is 1. The largest absolute Gasteiger partial charge is 0.382 e. The van der Waals surface area contributed by atoms with Crippen LogP contribution in [0.3, 0.4) is 0 Å². The molecule has 0 bridgehead atoms. The molecule has 1 saturated carbocycles. The first-order valence-corrected chi connectivity index (χ1v) is 6.28. The van der Waals surface area contributed by atoms with Gasteiger partial charge in [0.2, 0.25) is 0 Å². The summed E-state index contributed by atoms with van der Waals surface area (Å²) in [6, 6.07) is 8.97. The minimum Gasteiger partial charge on any atom is -0.382 e. The van der Waals surface area contributed by atoms with Gasteiger partial charge in [-0.15, -0.1) is 0 Å². The second-order valence-corrected chi connectivity index (χ2v) is 5.42. The molecule has 1 aromatic heterocycles. The van der Waals surface area contributed by atoms with Gasteiger partial charge in [0.25, 0.3) is 0 Å². The van der Waals surface area contributed by atoms with Crippen molar-refractivity contribution in [3.8, 4) is 0 Å². The van der Waals surface area contributed by atoms with E-state index in [1.807, 2.05) is 12.4 Å². The number of rotatable bonds is 3. The molecule has 0 spiro atoms. The predicted molar refractivity (Wildman–Crippen MR) is 72.2 cm³/mol. The van der Waals surface area contributed by atoms with Gasteiger partial charge in [0.1, 0.15) is 0 Å². The van der Waals surface area contributed by atoms with Crippen molar-refractivity contribution in [2.75, 3.05) is 5.32 Å². The van der Waals surface area contributed by atoms with Crippen LogP contribution < -0.4 is 5.32 Å². The van der Waals surface area contributed by atoms with Gasteiger partial charge in [-0.1, -0.05) is 19.1 Å². The highest BCUT2D eigenvalue weighted by Crippen LogP contribution is 2.49. The number of pyridine rings is 1. The third kappa shape index (κ3) is 1.88. The van der Waals surface area contributed by atoms with E-state index in [1.165, 1.54) is 29.3 Å². The maximum atomic E-state index is 4.17. The van der Waals surface area contributed by atoms with Gasteiger partial charge in [0.05, 0.1) is 0 Å². The molecular formula is C15H18N2. The van der Waals surface area contributed by atoms with Crippen LogP contribution in [0.15, 0.2) is 36.7 Å². The van der Waals surface area contributed by atoms with Crippen molar-refractivity contribution in [2.24, 2.45) is 5.41 Å². The molecule has 17 heavy (non-hydrogen) atoms. The fraction of sp³-hybridized carbons (Fsp3) is 0.400. The molecule has 0 radical (unpaired) electrons. The quantitative estimate of drug-likeness (QED) is 0.860. The second-order valence-electron chi connectivity index (χ2n) is 5.42. The summed E-state index contributed by atoms with van der Waals surface area (Å²) in [4.78, 5) is 4.17. The number of anilines is 1. The normalized spacial score (nSPS) is 18.9. The summed E-state index contributed by atoms with van der Waals surface area (Å²) in [6.07, 6.45) is 6.46. The smallest absolute Gasteiger partial charge is 0.0423 e. The van der Waals surface area contributed by atoms with Crippen molar-refractivity contribution < 1.29 is 0 Å². The van der Waals surface area contributed by atoms with E-state index in [0.717, 1.165) is 0 Å². The first kappa shape index (κ1) is 10.6. The standard InChI is InChI=1S/C15H18N2/c1-11(15(2)7-8-15)17-14-5-3-4-12-10-16-9-6-13(12)14/h3-6,9-11,17H,7-8H2,1-2H3. The highest BCUT2D eigenvalue weighted by Gasteiger charge is 2.42. The van der Waals surface area contributed by atoms with E-state index in [0.29, 0.717) is 11.5 Å². The zero-order valence-electron chi connectivity index (χ0n) is 10.4. The van der Waals surface area contributed by atoms with Crippen LogP contribution in [0.2, 0.25) is 0 Å². The van der Waals surface area contributed by atoms with Crippen LogP contribution in [0.1, 0.15) is 26.7 Å². The molecule has 2 aromatic rings. The van der Waals surface area contributed by atoms with Crippen LogP contribution >= 0.6 is 0 Å². The Morgan fingerprint density at radius 2 is 2.12 bits per heavy atom. The van der Waals surface area contributed by atoms with Gasteiger partial charge in [-0.2, -0.15) is 0 Å². The lowest BCUT2D eigenvalue weighted by atomic mass is 10.00. The van der Waals surface area contributed by atoms with E-state index < -0.39 is 0 Å². The number of benzene rings is 1. The third-order valence-corrected chi connectivity index (χ3v) is 4.14. The number of hydrogen-bond donors (Lipinski definition) is 1. The molecular weight excluding hydrogens is 208 g/mol. The molecule has 88 valence electrons. The van der Waals surface area contributed by atoms with Gasteiger partial charge >= 0.3 is 0 Å². The summed E-state index contributed by atoms with van der Waals surface area (Å²) in [5.74, 6) is 0. The molecule has 1 aromatic carbocycles. The summed E-state index contributed by atoms with van der Waals surface area (Å²) in [7, 11) is 0. The Morgan fingerprint density at radius 3 is 2.88 bits per heavy atom. The Bertz CT molecular complexity index is 538. The molecule has 1 aliphatic carbocycles. The van der Waals surface area contributed by atoms with Gasteiger partial charge in [0, 0.05) is 34.9 Å². The van der Waals surface area contributed by atoms with Crippen molar-refractivity contribution in [1.29, 1.82) is 0 Å². The van der Waals surface area contributed by atoms with Crippen LogP contribution in [0, 0.1) is 5.41 Å². The van der Waals surface area contributed by atoms with Crippen molar-refractivity contribution in [2.45, 2.75) is 32.7 Å². The summed E-state index contributed by atoms with van der Waals surface area (Å²) < 4.78 is 0. The lowest BCUT2D eigenvalue weighted by molar-refractivity contribution is 0.494. The van der Waals surface area contributed by atoms with E-state index in [-0.39, 0.29) is 0 Å². The third-order valence-electron chi connectivity index (χ3n) is 4.14. The zero-order valence-corrected chi connectivity index (χ0v) is 10.4. The van der Waals surface area contributed by atoms with Gasteiger partial charge in [-0.05, 0) is 37.3 Å². The average molecular weight is 226 g/mol. The SMILES string of the molecule is CC(Nc1cccc2cnccc12)C1(C)CC1. The maximum Gasteiger partial charge on any atom is 0.0423 e. The summed E-state index contributed by atoms with van der Waals surface area (Å²) >= 11 is 0. The van der Waals surface area contributed by atoms with Crippen LogP contribution in [0.4, 0.5) is 5.69 Å². The van der Waals surface area contributed by atoms with Gasteiger partial charge in [-0.3, -0.25) is 4.98 Å². The molecule has 1 fully saturated rings. The molecule has 2 heteroatoms. The van der Waals surface area contributed by atoms with Gasteiger partial charge in [0.15, 0.2) is 0 Å². The number of hydrogen-bond acceptors (Lipinski definition) is 2. The first-order valence-electron chi connectivity index (χ1n) is 6.28. The van der Waals surface area contributed by atoms with Crippen molar-refractivity contribution in [3.63, 3.8) is 0 Å². The zero-order chi connectivity index (χ0) is 11.9. The molecule has 1 aliphatic rings. The van der Waals surface area contributed by atoms with E-state index in [1.54, 1.807) is 0 Å². The summed E-state index contributed by atoms with van der Waals surface area (Å²) in [5, 5.41) is 6.12. The fourth-order valence-corrected chi connectivity index (χ4v) is 2.29. The Balaban J connectivity index is 1.94. The molecule has 3 rings (SSSR count). The van der Waals surface area contributed by atoms with Crippen LogP contribution in [-0.2, 0) is 0 Å². The fourth-order valence-electron chi connectivity index (χ4n) is 2.29. The summed E-state index contributed by atoms with van der Waals surface area (Å²) in [6.45, 7) is 4.64. The minimum atomic E-state index is 0.495. The van der Waals surface area contributed by atoms with Gasteiger partial charge in [-0.25, -0.2) is 0 Å². The molecule has 0 aliphatic heterocycles. The lowest BCUT2D eigenvalue weighted by Crippen LogP contribution is -2.24. The molecule has 0 amide bonds. The van der Waals surface area contributed by atoms with Crippen molar-refractivity contribution >= 4 is 16.5 Å². The van der Waals surface area contributed by atoms with Crippen molar-refractivity contribution in [1.82, 2.24) is 4.98 Å². The second kappa shape index (κ2) is 3.73.